The maximum atomic E-state index is 12.2. The lowest BCUT2D eigenvalue weighted by atomic mass is 10.2. The van der Waals surface area contributed by atoms with E-state index in [0.29, 0.717) is 23.7 Å². The fourth-order valence-corrected chi connectivity index (χ4v) is 2.39. The molecule has 2 amide bonds. The van der Waals surface area contributed by atoms with E-state index in [-0.39, 0.29) is 13.0 Å². The predicted octanol–water partition coefficient (Wildman–Crippen LogP) is 2.31. The summed E-state index contributed by atoms with van der Waals surface area (Å²) in [7, 11) is 1.54. The Morgan fingerprint density at radius 1 is 1.12 bits per heavy atom. The van der Waals surface area contributed by atoms with E-state index >= 15 is 0 Å². The van der Waals surface area contributed by atoms with Crippen LogP contribution in [0.25, 0.3) is 0 Å². The lowest BCUT2D eigenvalue weighted by Gasteiger charge is -2.17. The van der Waals surface area contributed by atoms with Gasteiger partial charge in [-0.15, -0.1) is 0 Å². The van der Waals surface area contributed by atoms with Gasteiger partial charge < -0.3 is 20.1 Å². The topological polar surface area (TPSA) is 89.5 Å². The van der Waals surface area contributed by atoms with E-state index in [2.05, 4.69) is 15.6 Å². The van der Waals surface area contributed by atoms with Gasteiger partial charge in [0.25, 0.3) is 0 Å². The lowest BCUT2D eigenvalue weighted by molar-refractivity contribution is -0.127. The van der Waals surface area contributed by atoms with E-state index in [0.717, 1.165) is 0 Å². The number of rotatable bonds is 9. The number of ether oxygens (including phenoxy) is 2. The number of aromatic nitrogens is 1. The molecule has 1 heterocycles. The van der Waals surface area contributed by atoms with E-state index in [1.165, 1.54) is 0 Å². The number of amides is 2. The molecule has 1 atom stereocenters. The van der Waals surface area contributed by atoms with Crippen LogP contribution in [0, 0.1) is 0 Å². The second kappa shape index (κ2) is 10.1. The molecule has 26 heavy (non-hydrogen) atoms. The van der Waals surface area contributed by atoms with E-state index in [1.54, 1.807) is 43.6 Å². The molecule has 0 unspecified atom stereocenters. The average Bonchev–Trinajstić information content (AvgIpc) is 2.64. The molecule has 7 nitrogen and oxygen atoms in total. The summed E-state index contributed by atoms with van der Waals surface area (Å²) in [6, 6.07) is 12.1. The number of hydrogen-bond acceptors (Lipinski definition) is 5. The largest absolute Gasteiger partial charge is 0.492 e. The minimum atomic E-state index is -0.424. The highest BCUT2D eigenvalue weighted by Crippen LogP contribution is 2.23. The van der Waals surface area contributed by atoms with Gasteiger partial charge in [-0.3, -0.25) is 14.6 Å². The minimum absolute atomic E-state index is 0.261. The normalized spacial score (nSPS) is 11.5. The summed E-state index contributed by atoms with van der Waals surface area (Å²) in [5.74, 6) is -0.273. The Kier molecular flexibility index (Phi) is 7.57. The van der Waals surface area contributed by atoms with Crippen molar-refractivity contribution in [3.63, 3.8) is 0 Å². The van der Waals surface area contributed by atoms with Crippen LogP contribution in [0.15, 0.2) is 48.7 Å². The van der Waals surface area contributed by atoms with Crippen molar-refractivity contribution in [2.24, 2.45) is 0 Å². The Hall–Kier alpha value is -2.93. The number of nitrogens with one attached hydrogen (secondary N) is 2. The van der Waals surface area contributed by atoms with Crippen LogP contribution in [0.4, 0.5) is 5.69 Å². The number of carbonyl (C=O) groups excluding carboxylic acids is 2. The first-order valence-corrected chi connectivity index (χ1v) is 8.35. The molecule has 0 spiro atoms. The monoisotopic (exact) mass is 357 g/mol. The van der Waals surface area contributed by atoms with Crippen LogP contribution in [-0.2, 0) is 14.3 Å². The number of nitrogens with zero attached hydrogens (tertiary/aromatic N) is 1. The van der Waals surface area contributed by atoms with Crippen molar-refractivity contribution in [2.45, 2.75) is 19.4 Å². The molecule has 0 radical (unpaired) electrons. The summed E-state index contributed by atoms with van der Waals surface area (Å²) in [5.41, 5.74) is 1.20. The van der Waals surface area contributed by atoms with Gasteiger partial charge in [-0.05, 0) is 31.2 Å². The van der Waals surface area contributed by atoms with Crippen molar-refractivity contribution in [3.8, 4) is 5.75 Å². The first-order chi connectivity index (χ1) is 12.6. The van der Waals surface area contributed by atoms with Gasteiger partial charge in [-0.25, -0.2) is 0 Å². The molecular weight excluding hydrogens is 334 g/mol. The Morgan fingerprint density at radius 3 is 2.58 bits per heavy atom. The van der Waals surface area contributed by atoms with Crippen molar-refractivity contribution >= 4 is 17.5 Å². The number of para-hydroxylation sites is 2. The highest BCUT2D eigenvalue weighted by Gasteiger charge is 2.18. The van der Waals surface area contributed by atoms with Crippen LogP contribution in [0.2, 0.25) is 0 Å². The van der Waals surface area contributed by atoms with Crippen molar-refractivity contribution in [3.05, 3.63) is 54.4 Å². The van der Waals surface area contributed by atoms with Gasteiger partial charge in [0.15, 0.2) is 0 Å². The van der Waals surface area contributed by atoms with E-state index in [4.69, 9.17) is 9.47 Å². The fraction of sp³-hybridized carbons (Fsp3) is 0.316. The summed E-state index contributed by atoms with van der Waals surface area (Å²) in [6.07, 6.45) is 1.33. The Balaban J connectivity index is 1.95. The molecule has 0 saturated heterocycles. The first kappa shape index (κ1) is 19.4. The molecule has 0 fully saturated rings. The summed E-state index contributed by atoms with van der Waals surface area (Å²) in [4.78, 5) is 28.6. The average molecular weight is 357 g/mol. The molecule has 0 aliphatic rings. The Bertz CT molecular complexity index is 722. The number of pyridine rings is 1. The summed E-state index contributed by atoms with van der Waals surface area (Å²) in [6.45, 7) is 2.60. The third-order valence-corrected chi connectivity index (χ3v) is 3.50. The van der Waals surface area contributed by atoms with E-state index in [1.807, 2.05) is 19.1 Å². The van der Waals surface area contributed by atoms with Gasteiger partial charge in [-0.2, -0.15) is 0 Å². The van der Waals surface area contributed by atoms with Crippen LogP contribution in [-0.4, -0.2) is 37.1 Å². The lowest BCUT2D eigenvalue weighted by Crippen LogP contribution is -2.34. The molecule has 0 bridgehead atoms. The molecule has 1 aromatic heterocycles. The molecule has 7 heteroatoms. The highest BCUT2D eigenvalue weighted by atomic mass is 16.5. The molecular formula is C19H23N3O4. The summed E-state index contributed by atoms with van der Waals surface area (Å²) < 4.78 is 10.6. The third-order valence-electron chi connectivity index (χ3n) is 3.50. The number of carbonyl (C=O) groups is 2. The number of anilines is 1. The highest BCUT2D eigenvalue weighted by molar-refractivity contribution is 6.04. The van der Waals surface area contributed by atoms with Crippen LogP contribution in [0.5, 0.6) is 5.75 Å². The van der Waals surface area contributed by atoms with E-state index in [9.17, 15) is 9.59 Å². The maximum Gasteiger partial charge on any atom is 0.233 e. The number of methoxy groups -OCH3 is 1. The third kappa shape index (κ3) is 5.86. The predicted molar refractivity (Wildman–Crippen MR) is 97.9 cm³/mol. The van der Waals surface area contributed by atoms with Crippen LogP contribution < -0.4 is 15.4 Å². The van der Waals surface area contributed by atoms with Crippen molar-refractivity contribution in [1.29, 1.82) is 0 Å². The minimum Gasteiger partial charge on any atom is -0.492 e. The van der Waals surface area contributed by atoms with Crippen LogP contribution in [0.3, 0.4) is 0 Å². The zero-order valence-corrected chi connectivity index (χ0v) is 14.9. The zero-order chi connectivity index (χ0) is 18.8. The summed E-state index contributed by atoms with van der Waals surface area (Å²) >= 11 is 0. The van der Waals surface area contributed by atoms with Gasteiger partial charge in [-0.1, -0.05) is 18.2 Å². The van der Waals surface area contributed by atoms with Gasteiger partial charge in [0.2, 0.25) is 11.8 Å². The Labute approximate surface area is 152 Å². The fourth-order valence-electron chi connectivity index (χ4n) is 2.39. The van der Waals surface area contributed by atoms with Crippen molar-refractivity contribution in [2.75, 3.05) is 25.6 Å². The number of hydrogen-bond donors (Lipinski definition) is 2. The molecule has 0 aliphatic carbocycles. The van der Waals surface area contributed by atoms with Crippen LogP contribution in [0.1, 0.15) is 25.1 Å². The van der Waals surface area contributed by atoms with Gasteiger partial charge in [0, 0.05) is 13.3 Å². The molecule has 0 saturated carbocycles. The summed E-state index contributed by atoms with van der Waals surface area (Å²) in [5, 5.41) is 5.47. The Morgan fingerprint density at radius 2 is 1.88 bits per heavy atom. The first-order valence-electron chi connectivity index (χ1n) is 8.35. The van der Waals surface area contributed by atoms with Gasteiger partial charge in [0.1, 0.15) is 12.2 Å². The quantitative estimate of drug-likeness (QED) is 0.672. The van der Waals surface area contributed by atoms with E-state index < -0.39 is 17.9 Å². The molecule has 2 N–H and O–H groups in total. The smallest absolute Gasteiger partial charge is 0.233 e. The molecule has 2 rings (SSSR count). The van der Waals surface area contributed by atoms with Gasteiger partial charge >= 0.3 is 0 Å². The molecule has 138 valence electrons. The standard InChI is InChI=1S/C19H23N3O4/c1-3-26-17-10-5-4-9-15(17)21-18(23)12-19(24)22-16(13-25-2)14-8-6-7-11-20-14/h4-11,16H,3,12-13H2,1-2H3,(H,21,23)(H,22,24)/t16-/m0/s1. The van der Waals surface area contributed by atoms with Gasteiger partial charge in [0.05, 0.1) is 30.6 Å². The SMILES string of the molecule is CCOc1ccccc1NC(=O)CC(=O)N[C@@H](COC)c1ccccn1. The number of benzene rings is 1. The molecule has 0 aliphatic heterocycles. The molecule has 2 aromatic rings. The second-order valence-corrected chi connectivity index (χ2v) is 5.48. The van der Waals surface area contributed by atoms with Crippen molar-refractivity contribution in [1.82, 2.24) is 10.3 Å². The van der Waals surface area contributed by atoms with Crippen molar-refractivity contribution < 1.29 is 19.1 Å². The maximum absolute atomic E-state index is 12.2. The molecule has 1 aromatic carbocycles. The zero-order valence-electron chi connectivity index (χ0n) is 14.9. The van der Waals surface area contributed by atoms with Crippen LogP contribution >= 0.6 is 0 Å². The second-order valence-electron chi connectivity index (χ2n) is 5.48.